The molecule has 1 aliphatic heterocycles. The number of likely N-dealkylation sites (tertiary alicyclic amines) is 1. The third-order valence-corrected chi connectivity index (χ3v) is 3.63. The summed E-state index contributed by atoms with van der Waals surface area (Å²) in [6.07, 6.45) is 4.30. The summed E-state index contributed by atoms with van der Waals surface area (Å²) in [5.74, 6) is 0.339. The molecule has 1 atom stereocenters. The molecular weight excluding hydrogens is 210 g/mol. The zero-order valence-electron chi connectivity index (χ0n) is 10.6. The van der Waals surface area contributed by atoms with Gasteiger partial charge in [0, 0.05) is 13.0 Å². The van der Waals surface area contributed by atoms with Gasteiger partial charge in [-0.1, -0.05) is 31.2 Å². The summed E-state index contributed by atoms with van der Waals surface area (Å²) in [5.41, 5.74) is 2.73. The predicted molar refractivity (Wildman–Crippen MR) is 70.0 cm³/mol. The van der Waals surface area contributed by atoms with Crippen molar-refractivity contribution in [2.75, 3.05) is 13.1 Å². The van der Waals surface area contributed by atoms with E-state index in [0.717, 1.165) is 12.8 Å². The molecule has 1 fully saturated rings. The van der Waals surface area contributed by atoms with Crippen LogP contribution in [0.4, 0.5) is 0 Å². The Morgan fingerprint density at radius 1 is 1.29 bits per heavy atom. The van der Waals surface area contributed by atoms with Crippen molar-refractivity contribution < 1.29 is 4.79 Å². The van der Waals surface area contributed by atoms with Crippen molar-refractivity contribution in [2.45, 2.75) is 38.6 Å². The molecule has 1 aromatic carbocycles. The van der Waals surface area contributed by atoms with Gasteiger partial charge in [-0.3, -0.25) is 4.90 Å². The first kappa shape index (κ1) is 12.3. The Kier molecular flexibility index (Phi) is 4.32. The first-order valence-electron chi connectivity index (χ1n) is 6.55. The molecule has 1 heterocycles. The number of rotatable bonds is 5. The summed E-state index contributed by atoms with van der Waals surface area (Å²) < 4.78 is 0. The number of carbonyl (C=O) groups is 1. The zero-order chi connectivity index (χ0) is 12.1. The van der Waals surface area contributed by atoms with Crippen LogP contribution in [0, 0.1) is 0 Å². The van der Waals surface area contributed by atoms with Crippen molar-refractivity contribution in [1.82, 2.24) is 4.90 Å². The van der Waals surface area contributed by atoms with Gasteiger partial charge in [-0.15, -0.1) is 0 Å². The number of benzene rings is 1. The topological polar surface area (TPSA) is 20.3 Å². The van der Waals surface area contributed by atoms with Crippen molar-refractivity contribution >= 4 is 6.29 Å². The molecule has 1 saturated heterocycles. The Labute approximate surface area is 104 Å². The predicted octanol–water partition coefficient (Wildman–Crippen LogP) is 2.97. The van der Waals surface area contributed by atoms with Gasteiger partial charge in [0.2, 0.25) is 0 Å². The second-order valence-electron chi connectivity index (χ2n) is 4.99. The van der Waals surface area contributed by atoms with E-state index in [1.807, 2.05) is 0 Å². The number of nitrogens with zero attached hydrogens (tertiary/aromatic N) is 1. The molecule has 1 unspecified atom stereocenters. The van der Waals surface area contributed by atoms with Gasteiger partial charge in [-0.05, 0) is 43.0 Å². The molecule has 0 spiro atoms. The van der Waals surface area contributed by atoms with Crippen molar-refractivity contribution in [1.29, 1.82) is 0 Å². The van der Waals surface area contributed by atoms with Crippen molar-refractivity contribution in [2.24, 2.45) is 0 Å². The van der Waals surface area contributed by atoms with E-state index in [-0.39, 0.29) is 0 Å². The summed E-state index contributed by atoms with van der Waals surface area (Å²) in [4.78, 5) is 13.1. The van der Waals surface area contributed by atoms with Crippen LogP contribution in [0.25, 0.3) is 0 Å². The Bertz CT molecular complexity index is 369. The van der Waals surface area contributed by atoms with Crippen LogP contribution in [0.3, 0.4) is 0 Å². The standard InChI is InChI=1S/C15H21NO/c1-13(8-11-17)15-7-3-2-6-14(15)12-16-9-4-5-10-16/h2-3,6-7,11,13H,4-5,8-10,12H2,1H3. The van der Waals surface area contributed by atoms with Gasteiger partial charge < -0.3 is 4.79 Å². The molecule has 0 amide bonds. The number of hydrogen-bond acceptors (Lipinski definition) is 2. The van der Waals surface area contributed by atoms with Crippen LogP contribution in [-0.4, -0.2) is 24.3 Å². The van der Waals surface area contributed by atoms with E-state index in [1.54, 1.807) is 0 Å². The summed E-state index contributed by atoms with van der Waals surface area (Å²) in [5, 5.41) is 0. The van der Waals surface area contributed by atoms with Crippen molar-refractivity contribution in [3.05, 3.63) is 35.4 Å². The molecular formula is C15H21NO. The van der Waals surface area contributed by atoms with Crippen LogP contribution in [0.15, 0.2) is 24.3 Å². The summed E-state index contributed by atoms with van der Waals surface area (Å²) in [6.45, 7) is 5.61. The highest BCUT2D eigenvalue weighted by Gasteiger charge is 2.15. The van der Waals surface area contributed by atoms with Gasteiger partial charge in [0.05, 0.1) is 0 Å². The molecule has 2 rings (SSSR count). The fourth-order valence-electron chi connectivity index (χ4n) is 2.61. The van der Waals surface area contributed by atoms with E-state index in [9.17, 15) is 4.79 Å². The van der Waals surface area contributed by atoms with Gasteiger partial charge in [0.15, 0.2) is 0 Å². The molecule has 1 aromatic rings. The molecule has 92 valence electrons. The minimum Gasteiger partial charge on any atom is -0.303 e. The van der Waals surface area contributed by atoms with Gasteiger partial charge in [0.1, 0.15) is 6.29 Å². The quantitative estimate of drug-likeness (QED) is 0.726. The maximum Gasteiger partial charge on any atom is 0.120 e. The van der Waals surface area contributed by atoms with Gasteiger partial charge in [0.25, 0.3) is 0 Å². The average molecular weight is 231 g/mol. The Balaban J connectivity index is 2.11. The smallest absolute Gasteiger partial charge is 0.120 e. The van der Waals surface area contributed by atoms with Crippen molar-refractivity contribution in [3.63, 3.8) is 0 Å². The minimum absolute atomic E-state index is 0.339. The first-order valence-corrected chi connectivity index (χ1v) is 6.55. The van der Waals surface area contributed by atoms with Crippen molar-refractivity contribution in [3.8, 4) is 0 Å². The molecule has 17 heavy (non-hydrogen) atoms. The van der Waals surface area contributed by atoms with Gasteiger partial charge in [-0.25, -0.2) is 0 Å². The Hall–Kier alpha value is -1.15. The van der Waals surface area contributed by atoms with E-state index in [0.29, 0.717) is 12.3 Å². The highest BCUT2D eigenvalue weighted by atomic mass is 16.1. The Morgan fingerprint density at radius 3 is 2.71 bits per heavy atom. The summed E-state index contributed by atoms with van der Waals surface area (Å²) in [7, 11) is 0. The maximum absolute atomic E-state index is 10.6. The monoisotopic (exact) mass is 231 g/mol. The van der Waals surface area contributed by atoms with Gasteiger partial charge >= 0.3 is 0 Å². The second kappa shape index (κ2) is 5.97. The lowest BCUT2D eigenvalue weighted by Gasteiger charge is -2.19. The molecule has 2 heteroatoms. The van der Waals surface area contributed by atoms with Crippen LogP contribution >= 0.6 is 0 Å². The third-order valence-electron chi connectivity index (χ3n) is 3.63. The fraction of sp³-hybridized carbons (Fsp3) is 0.533. The highest BCUT2D eigenvalue weighted by Crippen LogP contribution is 2.24. The van der Waals surface area contributed by atoms with E-state index in [4.69, 9.17) is 0 Å². The summed E-state index contributed by atoms with van der Waals surface area (Å²) in [6, 6.07) is 8.54. The highest BCUT2D eigenvalue weighted by molar-refractivity contribution is 5.52. The zero-order valence-corrected chi connectivity index (χ0v) is 10.6. The molecule has 0 N–H and O–H groups in total. The van der Waals surface area contributed by atoms with Gasteiger partial charge in [-0.2, -0.15) is 0 Å². The lowest BCUT2D eigenvalue weighted by atomic mass is 9.93. The van der Waals surface area contributed by atoms with E-state index >= 15 is 0 Å². The fourth-order valence-corrected chi connectivity index (χ4v) is 2.61. The SMILES string of the molecule is CC(CC=O)c1ccccc1CN1CCCC1. The minimum atomic E-state index is 0.339. The third kappa shape index (κ3) is 3.16. The van der Waals surface area contributed by atoms with Crippen LogP contribution < -0.4 is 0 Å². The molecule has 0 aliphatic carbocycles. The van der Waals surface area contributed by atoms with E-state index in [1.165, 1.54) is 37.1 Å². The van der Waals surface area contributed by atoms with Crippen LogP contribution in [0.5, 0.6) is 0 Å². The number of aldehydes is 1. The van der Waals surface area contributed by atoms with E-state index < -0.39 is 0 Å². The number of carbonyl (C=O) groups excluding carboxylic acids is 1. The van der Waals surface area contributed by atoms with Crippen LogP contribution in [0.2, 0.25) is 0 Å². The lowest BCUT2D eigenvalue weighted by molar-refractivity contribution is -0.108. The average Bonchev–Trinajstić information content (AvgIpc) is 2.83. The largest absolute Gasteiger partial charge is 0.303 e. The summed E-state index contributed by atoms with van der Waals surface area (Å²) >= 11 is 0. The maximum atomic E-state index is 10.6. The molecule has 0 radical (unpaired) electrons. The Morgan fingerprint density at radius 2 is 2.00 bits per heavy atom. The molecule has 1 aliphatic rings. The lowest BCUT2D eigenvalue weighted by Crippen LogP contribution is -2.19. The second-order valence-corrected chi connectivity index (χ2v) is 4.99. The van der Waals surface area contributed by atoms with E-state index in [2.05, 4.69) is 36.1 Å². The normalized spacial score (nSPS) is 18.2. The molecule has 0 aromatic heterocycles. The van der Waals surface area contributed by atoms with Crippen LogP contribution in [-0.2, 0) is 11.3 Å². The molecule has 0 bridgehead atoms. The number of hydrogen-bond donors (Lipinski definition) is 0. The molecule has 0 saturated carbocycles. The molecule has 2 nitrogen and oxygen atoms in total. The van der Waals surface area contributed by atoms with Crippen LogP contribution in [0.1, 0.15) is 43.2 Å². The first-order chi connectivity index (χ1) is 8.31.